The Morgan fingerprint density at radius 2 is 2.08 bits per heavy atom. The zero-order valence-electron chi connectivity index (χ0n) is 6.47. The van der Waals surface area contributed by atoms with Crippen molar-refractivity contribution in [3.8, 4) is 0 Å². The predicted octanol–water partition coefficient (Wildman–Crippen LogP) is 3.35. The van der Waals surface area contributed by atoms with E-state index in [1.54, 1.807) is 0 Å². The van der Waals surface area contributed by atoms with Crippen LogP contribution in [0.15, 0.2) is 6.07 Å². The van der Waals surface area contributed by atoms with E-state index in [2.05, 4.69) is 0 Å². The minimum Gasteiger partial charge on any atom is -0.258 e. The largest absolute Gasteiger partial charge is 0.325 e. The van der Waals surface area contributed by atoms with Crippen molar-refractivity contribution in [2.24, 2.45) is 0 Å². The lowest BCUT2D eigenvalue weighted by Crippen LogP contribution is -1.96. The minimum atomic E-state index is -0.945. The Labute approximate surface area is 83.2 Å². The number of hydrogen-bond acceptors (Lipinski definition) is 2. The van der Waals surface area contributed by atoms with Gasteiger partial charge in [-0.2, -0.15) is 4.39 Å². The van der Waals surface area contributed by atoms with Gasteiger partial charge in [0.2, 0.25) is 5.82 Å². The molecule has 0 bridgehead atoms. The molecule has 6 heteroatoms. The average Bonchev–Trinajstić information content (AvgIpc) is 2.01. The molecule has 0 saturated carbocycles. The zero-order valence-corrected chi connectivity index (χ0v) is 7.99. The molecule has 0 unspecified atom stereocenters. The van der Waals surface area contributed by atoms with E-state index in [0.29, 0.717) is 0 Å². The number of nitro groups is 1. The molecule has 1 aromatic carbocycles. The highest BCUT2D eigenvalue weighted by Crippen LogP contribution is 2.35. The van der Waals surface area contributed by atoms with Crippen molar-refractivity contribution >= 4 is 28.9 Å². The van der Waals surface area contributed by atoms with Gasteiger partial charge in [-0.3, -0.25) is 10.1 Å². The summed E-state index contributed by atoms with van der Waals surface area (Å²) in [6.45, 7) is 1.38. The molecule has 0 atom stereocenters. The van der Waals surface area contributed by atoms with Crippen molar-refractivity contribution in [1.82, 2.24) is 0 Å². The van der Waals surface area contributed by atoms with E-state index in [1.807, 2.05) is 0 Å². The molecule has 0 spiro atoms. The second-order valence-electron chi connectivity index (χ2n) is 2.41. The van der Waals surface area contributed by atoms with Crippen LogP contribution < -0.4 is 0 Å². The lowest BCUT2D eigenvalue weighted by molar-refractivity contribution is -0.387. The van der Waals surface area contributed by atoms with Crippen LogP contribution in [-0.2, 0) is 0 Å². The molecule has 1 aromatic rings. The molecule has 0 saturated heterocycles. The normalized spacial score (nSPS) is 10.2. The maximum absolute atomic E-state index is 13.1. The summed E-state index contributed by atoms with van der Waals surface area (Å²) >= 11 is 11.0. The second kappa shape index (κ2) is 3.47. The van der Waals surface area contributed by atoms with Crippen molar-refractivity contribution in [1.29, 1.82) is 0 Å². The van der Waals surface area contributed by atoms with E-state index >= 15 is 0 Å². The van der Waals surface area contributed by atoms with Crippen LogP contribution in [-0.4, -0.2) is 4.92 Å². The summed E-state index contributed by atoms with van der Waals surface area (Å²) in [5.74, 6) is -0.945. The molecule has 0 N–H and O–H groups in total. The van der Waals surface area contributed by atoms with Crippen LogP contribution >= 0.6 is 23.2 Å². The van der Waals surface area contributed by atoms with Crippen molar-refractivity contribution in [2.75, 3.05) is 0 Å². The molecule has 0 amide bonds. The smallest absolute Gasteiger partial charge is 0.258 e. The first-order valence-electron chi connectivity index (χ1n) is 3.23. The van der Waals surface area contributed by atoms with E-state index in [0.717, 1.165) is 0 Å². The van der Waals surface area contributed by atoms with Crippen LogP contribution in [0.4, 0.5) is 10.1 Å². The Bertz CT molecular complexity index is 355. The van der Waals surface area contributed by atoms with Crippen LogP contribution in [0.5, 0.6) is 0 Å². The van der Waals surface area contributed by atoms with Crippen LogP contribution in [0.2, 0.25) is 10.0 Å². The first-order valence-corrected chi connectivity index (χ1v) is 3.99. The van der Waals surface area contributed by atoms with Crippen LogP contribution in [0, 0.1) is 22.9 Å². The van der Waals surface area contributed by atoms with Crippen molar-refractivity contribution < 1.29 is 9.31 Å². The van der Waals surface area contributed by atoms with Gasteiger partial charge >= 0.3 is 5.69 Å². The predicted molar refractivity (Wildman–Crippen MR) is 47.8 cm³/mol. The highest BCUT2D eigenvalue weighted by molar-refractivity contribution is 6.43. The Hall–Kier alpha value is -0.870. The topological polar surface area (TPSA) is 43.1 Å². The molecule has 0 heterocycles. The number of halogens is 3. The molecule has 70 valence electrons. The first kappa shape index (κ1) is 10.2. The fourth-order valence-electron chi connectivity index (χ4n) is 0.873. The third kappa shape index (κ3) is 1.73. The van der Waals surface area contributed by atoms with Crippen LogP contribution in [0.25, 0.3) is 0 Å². The summed E-state index contributed by atoms with van der Waals surface area (Å²) < 4.78 is 13.1. The van der Waals surface area contributed by atoms with Gasteiger partial charge in [-0.1, -0.05) is 23.2 Å². The SMILES string of the molecule is Cc1cc(Cl)c(Cl)c([N+](=O)[O-])c1F. The van der Waals surface area contributed by atoms with E-state index in [9.17, 15) is 14.5 Å². The molecule has 0 radical (unpaired) electrons. The number of hydrogen-bond donors (Lipinski definition) is 0. The highest BCUT2D eigenvalue weighted by atomic mass is 35.5. The molecule has 0 fully saturated rings. The van der Waals surface area contributed by atoms with Gasteiger partial charge in [0, 0.05) is 0 Å². The van der Waals surface area contributed by atoms with E-state index in [4.69, 9.17) is 23.2 Å². The van der Waals surface area contributed by atoms with Crippen molar-refractivity contribution in [2.45, 2.75) is 6.92 Å². The summed E-state index contributed by atoms with van der Waals surface area (Å²) in [6.07, 6.45) is 0. The van der Waals surface area contributed by atoms with E-state index in [1.165, 1.54) is 13.0 Å². The molecule has 1 rings (SSSR count). The van der Waals surface area contributed by atoms with Gasteiger partial charge in [-0.25, -0.2) is 0 Å². The molecule has 0 aliphatic heterocycles. The molecule has 0 aromatic heterocycles. The Kier molecular flexibility index (Phi) is 2.73. The molecule has 13 heavy (non-hydrogen) atoms. The number of nitrogens with zero attached hydrogens (tertiary/aromatic N) is 1. The second-order valence-corrected chi connectivity index (χ2v) is 3.19. The lowest BCUT2D eigenvalue weighted by Gasteiger charge is -2.01. The Morgan fingerprint density at radius 1 is 1.54 bits per heavy atom. The molecular weight excluding hydrogens is 220 g/mol. The summed E-state index contributed by atoms with van der Waals surface area (Å²) in [4.78, 5) is 9.48. The quantitative estimate of drug-likeness (QED) is 0.417. The maximum atomic E-state index is 13.1. The summed E-state index contributed by atoms with van der Waals surface area (Å²) in [5.41, 5.74) is -0.673. The van der Waals surface area contributed by atoms with Gasteiger partial charge in [-0.15, -0.1) is 0 Å². The van der Waals surface area contributed by atoms with E-state index in [-0.39, 0.29) is 15.6 Å². The number of aryl methyl sites for hydroxylation is 1. The summed E-state index contributed by atoms with van der Waals surface area (Å²) in [5, 5.41) is 9.98. The highest BCUT2D eigenvalue weighted by Gasteiger charge is 2.23. The minimum absolute atomic E-state index is 0.0210. The van der Waals surface area contributed by atoms with Gasteiger partial charge in [-0.05, 0) is 18.6 Å². The van der Waals surface area contributed by atoms with Crippen LogP contribution in [0.3, 0.4) is 0 Å². The van der Waals surface area contributed by atoms with Gasteiger partial charge in [0.1, 0.15) is 5.02 Å². The van der Waals surface area contributed by atoms with E-state index < -0.39 is 16.4 Å². The maximum Gasteiger partial charge on any atom is 0.325 e. The molecule has 0 aliphatic carbocycles. The molecule has 3 nitrogen and oxygen atoms in total. The van der Waals surface area contributed by atoms with Gasteiger partial charge in [0.15, 0.2) is 0 Å². The van der Waals surface area contributed by atoms with Crippen molar-refractivity contribution in [3.63, 3.8) is 0 Å². The van der Waals surface area contributed by atoms with Crippen LogP contribution in [0.1, 0.15) is 5.56 Å². The lowest BCUT2D eigenvalue weighted by atomic mass is 10.2. The summed E-state index contributed by atoms with van der Waals surface area (Å²) in [7, 11) is 0. The fraction of sp³-hybridized carbons (Fsp3) is 0.143. The number of rotatable bonds is 1. The number of benzene rings is 1. The standard InChI is InChI=1S/C7H4Cl2FNO2/c1-3-2-4(8)5(9)7(6(3)10)11(12)13/h2H,1H3. The Balaban J connectivity index is 3.56. The Morgan fingerprint density at radius 3 is 2.54 bits per heavy atom. The van der Waals surface area contributed by atoms with Gasteiger partial charge < -0.3 is 0 Å². The molecule has 0 aliphatic rings. The third-order valence-electron chi connectivity index (χ3n) is 1.50. The van der Waals surface area contributed by atoms with Crippen molar-refractivity contribution in [3.05, 3.63) is 37.6 Å². The zero-order chi connectivity index (χ0) is 10.2. The number of nitro benzene ring substituents is 1. The fourth-order valence-corrected chi connectivity index (χ4v) is 1.33. The average molecular weight is 224 g/mol. The monoisotopic (exact) mass is 223 g/mol. The van der Waals surface area contributed by atoms with Gasteiger partial charge in [0.25, 0.3) is 0 Å². The van der Waals surface area contributed by atoms with Gasteiger partial charge in [0.05, 0.1) is 9.95 Å². The first-order chi connectivity index (χ1) is 5.95. The third-order valence-corrected chi connectivity index (χ3v) is 2.27. The molecular formula is C7H4Cl2FNO2. The summed E-state index contributed by atoms with van der Waals surface area (Å²) in [6, 6.07) is 1.24.